The molecule has 0 bridgehead atoms. The number of hydrogen-bond donors (Lipinski definition) is 1. The van der Waals surface area contributed by atoms with Crippen LogP contribution in [-0.4, -0.2) is 49.2 Å². The number of rotatable bonds is 5. The molecule has 0 fully saturated rings. The van der Waals surface area contributed by atoms with Crippen LogP contribution in [0.3, 0.4) is 0 Å². The van der Waals surface area contributed by atoms with E-state index in [1.807, 2.05) is 0 Å². The van der Waals surface area contributed by atoms with Gasteiger partial charge in [-0.05, 0) is 6.42 Å². The summed E-state index contributed by atoms with van der Waals surface area (Å²) in [5, 5.41) is 5.84. The van der Waals surface area contributed by atoms with E-state index in [0.29, 0.717) is 11.3 Å². The van der Waals surface area contributed by atoms with Crippen molar-refractivity contribution < 1.29 is 26.4 Å². The van der Waals surface area contributed by atoms with Crippen LogP contribution in [0.1, 0.15) is 29.5 Å². The molecule has 0 aromatic carbocycles. The highest BCUT2D eigenvalue weighted by Gasteiger charge is 2.35. The quantitative estimate of drug-likeness (QED) is 0.825. The fourth-order valence-electron chi connectivity index (χ4n) is 1.72. The van der Waals surface area contributed by atoms with Gasteiger partial charge in [0, 0.05) is 17.7 Å². The van der Waals surface area contributed by atoms with Crippen molar-refractivity contribution in [3.8, 4) is 0 Å². The smallest absolute Gasteiger partial charge is 0.331 e. The van der Waals surface area contributed by atoms with Crippen LogP contribution in [0.25, 0.3) is 0 Å². The Morgan fingerprint density at radius 3 is 2.43 bits per heavy atom. The third kappa shape index (κ3) is 4.60. The number of carbonyl (C=O) groups excluding carboxylic acids is 1. The van der Waals surface area contributed by atoms with Gasteiger partial charge in [-0.15, -0.1) is 0 Å². The number of amides is 1. The van der Waals surface area contributed by atoms with E-state index in [-0.39, 0.29) is 12.1 Å². The summed E-state index contributed by atoms with van der Waals surface area (Å²) in [6, 6.07) is 0. The molecule has 120 valence electrons. The van der Waals surface area contributed by atoms with E-state index in [1.165, 1.54) is 0 Å². The number of halogens is 4. The molecule has 0 atom stereocenters. The van der Waals surface area contributed by atoms with Gasteiger partial charge in [-0.3, -0.25) is 9.89 Å². The molecule has 1 N–H and O–H groups in total. The van der Waals surface area contributed by atoms with E-state index in [2.05, 4.69) is 10.2 Å². The number of H-pyrrole nitrogens is 1. The summed E-state index contributed by atoms with van der Waals surface area (Å²) >= 11 is 0. The van der Waals surface area contributed by atoms with Crippen molar-refractivity contribution in [2.24, 2.45) is 0 Å². The van der Waals surface area contributed by atoms with Gasteiger partial charge in [0.2, 0.25) is 0 Å². The molecule has 0 spiro atoms. The Kier molecular flexibility index (Phi) is 5.26. The molecule has 1 aromatic heterocycles. The van der Waals surface area contributed by atoms with E-state index < -0.39 is 38.3 Å². The zero-order chi connectivity index (χ0) is 16.4. The normalized spacial score (nSPS) is 12.5. The van der Waals surface area contributed by atoms with Crippen molar-refractivity contribution in [1.82, 2.24) is 15.1 Å². The van der Waals surface area contributed by atoms with Gasteiger partial charge >= 0.3 is 6.18 Å². The number of carbonyl (C=O) groups is 1. The Balaban J connectivity index is 3.22. The molecule has 0 aliphatic rings. The minimum absolute atomic E-state index is 0.0938. The van der Waals surface area contributed by atoms with Crippen molar-refractivity contribution in [1.29, 1.82) is 0 Å². The summed E-state index contributed by atoms with van der Waals surface area (Å²) in [5.74, 6) is -1.18. The molecule has 1 rings (SSSR count). The Hall–Kier alpha value is -1.29. The van der Waals surface area contributed by atoms with Crippen molar-refractivity contribution in [2.75, 3.05) is 13.6 Å². The Labute approximate surface area is 123 Å². The monoisotopic (exact) mass is 347 g/mol. The van der Waals surface area contributed by atoms with Gasteiger partial charge < -0.3 is 4.90 Å². The number of aromatic amines is 1. The molecule has 21 heavy (non-hydrogen) atoms. The van der Waals surface area contributed by atoms with Crippen LogP contribution < -0.4 is 0 Å². The molecule has 0 aliphatic carbocycles. The lowest BCUT2D eigenvalue weighted by Gasteiger charge is -2.18. The van der Waals surface area contributed by atoms with Crippen LogP contribution in [0.15, 0.2) is 4.90 Å². The average molecular weight is 348 g/mol. The van der Waals surface area contributed by atoms with E-state index >= 15 is 0 Å². The van der Waals surface area contributed by atoms with Gasteiger partial charge in [0.1, 0.15) is 11.4 Å². The largest absolute Gasteiger partial charge is 0.406 e. The number of aromatic nitrogens is 2. The lowest BCUT2D eigenvalue weighted by molar-refractivity contribution is -0.138. The Morgan fingerprint density at radius 2 is 2.00 bits per heavy atom. The summed E-state index contributed by atoms with van der Waals surface area (Å²) in [5.41, 5.74) is -0.545. The van der Waals surface area contributed by atoms with Crippen molar-refractivity contribution in [3.05, 3.63) is 11.4 Å². The second-order valence-corrected chi connectivity index (χ2v) is 6.85. The highest BCUT2D eigenvalue weighted by molar-refractivity contribution is 8.13. The molecule has 0 aliphatic heterocycles. The maximum atomic E-state index is 12.3. The molecular formula is C10H13ClF3N3O3S. The fraction of sp³-hybridized carbons (Fsp3) is 0.600. The Bertz CT molecular complexity index is 627. The summed E-state index contributed by atoms with van der Waals surface area (Å²) in [4.78, 5) is 11.7. The van der Waals surface area contributed by atoms with Crippen LogP contribution >= 0.6 is 10.7 Å². The maximum absolute atomic E-state index is 12.3. The lowest BCUT2D eigenvalue weighted by Crippen LogP contribution is -2.36. The summed E-state index contributed by atoms with van der Waals surface area (Å²) in [6.45, 7) is 0.228. The van der Waals surface area contributed by atoms with E-state index in [9.17, 15) is 26.4 Å². The lowest BCUT2D eigenvalue weighted by atomic mass is 10.2. The van der Waals surface area contributed by atoms with Gasteiger partial charge in [-0.2, -0.15) is 18.3 Å². The second kappa shape index (κ2) is 6.22. The van der Waals surface area contributed by atoms with Crippen LogP contribution in [0.2, 0.25) is 0 Å². The van der Waals surface area contributed by atoms with Gasteiger partial charge in [0.05, 0.1) is 5.69 Å². The summed E-state index contributed by atoms with van der Waals surface area (Å²) in [7, 11) is 1.83. The first-order valence-corrected chi connectivity index (χ1v) is 8.12. The summed E-state index contributed by atoms with van der Waals surface area (Å²) < 4.78 is 59.9. The first-order valence-electron chi connectivity index (χ1n) is 5.81. The predicted molar refractivity (Wildman–Crippen MR) is 68.6 cm³/mol. The third-order valence-electron chi connectivity index (χ3n) is 2.50. The van der Waals surface area contributed by atoms with Crippen LogP contribution in [0, 0.1) is 0 Å². The number of hydrogen-bond acceptors (Lipinski definition) is 4. The van der Waals surface area contributed by atoms with Gasteiger partial charge in [0.25, 0.3) is 15.0 Å². The molecule has 1 amide bonds. The zero-order valence-electron chi connectivity index (χ0n) is 11.2. The molecule has 0 saturated carbocycles. The predicted octanol–water partition coefficient (Wildman–Crippen LogP) is 1.92. The van der Waals surface area contributed by atoms with E-state index in [1.54, 1.807) is 6.92 Å². The number of alkyl halides is 3. The van der Waals surface area contributed by atoms with Crippen molar-refractivity contribution >= 4 is 25.6 Å². The number of nitrogens with zero attached hydrogens (tertiary/aromatic N) is 2. The minimum Gasteiger partial charge on any atom is -0.331 e. The Morgan fingerprint density at radius 1 is 1.43 bits per heavy atom. The third-order valence-corrected chi connectivity index (χ3v) is 3.89. The SMILES string of the molecule is CCCc1[nH]nc(C(=O)N(C)CC(F)(F)F)c1S(=O)(=O)Cl. The molecular weight excluding hydrogens is 335 g/mol. The molecule has 0 unspecified atom stereocenters. The molecule has 0 saturated heterocycles. The molecule has 1 aromatic rings. The standard InChI is InChI=1S/C10H13ClF3N3O3S/c1-3-4-6-8(21(11,19)20)7(16-15-6)9(18)17(2)5-10(12,13)14/h3-5H2,1-2H3,(H,15,16). The second-order valence-electron chi connectivity index (χ2n) is 4.34. The summed E-state index contributed by atoms with van der Waals surface area (Å²) in [6.07, 6.45) is -3.83. The van der Waals surface area contributed by atoms with Gasteiger partial charge in [0.15, 0.2) is 5.69 Å². The topological polar surface area (TPSA) is 83.1 Å². The highest BCUT2D eigenvalue weighted by Crippen LogP contribution is 2.25. The fourth-order valence-corrected chi connectivity index (χ4v) is 3.02. The van der Waals surface area contributed by atoms with E-state index in [0.717, 1.165) is 7.05 Å². The molecule has 1 heterocycles. The molecule has 11 heteroatoms. The molecule has 6 nitrogen and oxygen atoms in total. The highest BCUT2D eigenvalue weighted by atomic mass is 35.7. The van der Waals surface area contributed by atoms with Crippen LogP contribution in [0.5, 0.6) is 0 Å². The minimum atomic E-state index is -4.60. The van der Waals surface area contributed by atoms with E-state index in [4.69, 9.17) is 10.7 Å². The van der Waals surface area contributed by atoms with Gasteiger partial charge in [-0.25, -0.2) is 8.42 Å². The maximum Gasteiger partial charge on any atom is 0.406 e. The van der Waals surface area contributed by atoms with Crippen LogP contribution in [0.4, 0.5) is 13.2 Å². The van der Waals surface area contributed by atoms with Crippen molar-refractivity contribution in [2.45, 2.75) is 30.8 Å². The van der Waals surface area contributed by atoms with Crippen LogP contribution in [-0.2, 0) is 15.5 Å². The molecule has 0 radical (unpaired) electrons. The number of nitrogens with one attached hydrogen (secondary N) is 1. The van der Waals surface area contributed by atoms with Gasteiger partial charge in [-0.1, -0.05) is 13.3 Å². The first-order chi connectivity index (χ1) is 9.47. The van der Waals surface area contributed by atoms with Crippen molar-refractivity contribution in [3.63, 3.8) is 0 Å². The average Bonchev–Trinajstić information content (AvgIpc) is 2.69. The first kappa shape index (κ1) is 17.8. The number of aryl methyl sites for hydroxylation is 1. The zero-order valence-corrected chi connectivity index (χ0v) is 12.7.